The van der Waals surface area contributed by atoms with Gasteiger partial charge in [-0.05, 0) is 6.07 Å². The van der Waals surface area contributed by atoms with Gasteiger partial charge in [-0.15, -0.1) is 0 Å². The Morgan fingerprint density at radius 1 is 1.43 bits per heavy atom. The first-order chi connectivity index (χ1) is 9.61. The highest BCUT2D eigenvalue weighted by atomic mass is 32.2. The number of carbonyl (C=O) groups is 2. The Kier molecular flexibility index (Phi) is 3.78. The minimum absolute atomic E-state index is 0.0145. The van der Waals surface area contributed by atoms with Gasteiger partial charge in [-0.2, -0.15) is 0 Å². The lowest BCUT2D eigenvalue weighted by atomic mass is 10.2. The third-order valence-electron chi connectivity index (χ3n) is 3.35. The molecule has 0 radical (unpaired) electrons. The smallest absolute Gasteiger partial charge is 0.326 e. The van der Waals surface area contributed by atoms with Crippen LogP contribution in [0.5, 0.6) is 0 Å². The van der Waals surface area contributed by atoms with Gasteiger partial charge in [0.15, 0.2) is 0 Å². The predicted octanol–water partition coefficient (Wildman–Crippen LogP) is -1.67. The van der Waals surface area contributed by atoms with E-state index in [1.165, 1.54) is 17.8 Å². The molecule has 2 atom stereocenters. The number of aliphatic hydroxyl groups excluding tert-OH is 1. The molecule has 10 heteroatoms. The molecule has 0 aromatic carbocycles. The number of nitrogens with two attached hydrogens (primary N) is 1. The normalized spacial score (nSPS) is 22.5. The minimum atomic E-state index is -3.96. The largest absolute Gasteiger partial charge is 0.480 e. The van der Waals surface area contributed by atoms with Crippen molar-refractivity contribution in [1.82, 2.24) is 9.47 Å². The summed E-state index contributed by atoms with van der Waals surface area (Å²) in [5.41, 5.74) is -0.0145. The van der Waals surface area contributed by atoms with Crippen LogP contribution in [0.3, 0.4) is 0 Å². The van der Waals surface area contributed by atoms with E-state index in [0.717, 1.165) is 11.0 Å². The molecule has 116 valence electrons. The van der Waals surface area contributed by atoms with E-state index in [0.29, 0.717) is 0 Å². The molecule has 1 saturated heterocycles. The van der Waals surface area contributed by atoms with E-state index in [-0.39, 0.29) is 23.6 Å². The van der Waals surface area contributed by atoms with Crippen LogP contribution < -0.4 is 5.14 Å². The van der Waals surface area contributed by atoms with E-state index >= 15 is 0 Å². The van der Waals surface area contributed by atoms with Gasteiger partial charge in [-0.25, -0.2) is 18.4 Å². The Morgan fingerprint density at radius 3 is 2.52 bits per heavy atom. The second-order valence-corrected chi connectivity index (χ2v) is 6.48. The van der Waals surface area contributed by atoms with E-state index in [9.17, 15) is 23.1 Å². The Morgan fingerprint density at radius 2 is 2.05 bits per heavy atom. The molecule has 1 fully saturated rings. The van der Waals surface area contributed by atoms with Crippen LogP contribution in [0.2, 0.25) is 0 Å². The molecule has 0 saturated carbocycles. The van der Waals surface area contributed by atoms with Gasteiger partial charge < -0.3 is 19.7 Å². The number of carboxylic acid groups (broad SMARTS) is 1. The van der Waals surface area contributed by atoms with Crippen molar-refractivity contribution < 1.29 is 28.2 Å². The van der Waals surface area contributed by atoms with Crippen molar-refractivity contribution in [1.29, 1.82) is 0 Å². The van der Waals surface area contributed by atoms with E-state index in [1.807, 2.05) is 0 Å². The Labute approximate surface area is 120 Å². The Bertz CT molecular complexity index is 695. The Balaban J connectivity index is 2.36. The number of likely N-dealkylation sites (tertiary alicyclic amines) is 1. The summed E-state index contributed by atoms with van der Waals surface area (Å²) in [6.07, 6.45) is 0.186. The number of nitrogens with zero attached hydrogens (tertiary/aromatic N) is 2. The first-order valence-corrected chi connectivity index (χ1v) is 7.57. The predicted molar refractivity (Wildman–Crippen MR) is 69.9 cm³/mol. The number of β-amino-alcohol motifs (C(OH)–C–C–N with tert-alkyl or cyclic N) is 1. The molecule has 1 aromatic rings. The molecule has 2 heterocycles. The average molecular weight is 317 g/mol. The number of amides is 1. The van der Waals surface area contributed by atoms with Gasteiger partial charge in [0.2, 0.25) is 10.0 Å². The maximum absolute atomic E-state index is 12.4. The fourth-order valence-corrected chi connectivity index (χ4v) is 2.90. The summed E-state index contributed by atoms with van der Waals surface area (Å²) in [5.74, 6) is -1.89. The summed E-state index contributed by atoms with van der Waals surface area (Å²) in [5, 5.41) is 23.6. The van der Waals surface area contributed by atoms with Crippen LogP contribution >= 0.6 is 0 Å². The minimum Gasteiger partial charge on any atom is -0.480 e. The number of aliphatic hydroxyl groups is 1. The van der Waals surface area contributed by atoms with Crippen molar-refractivity contribution in [3.05, 3.63) is 18.0 Å². The number of rotatable bonds is 3. The number of primary sulfonamides is 1. The molecule has 4 N–H and O–H groups in total. The lowest BCUT2D eigenvalue weighted by molar-refractivity contribution is -0.141. The third-order valence-corrected chi connectivity index (χ3v) is 4.23. The van der Waals surface area contributed by atoms with Gasteiger partial charge in [0, 0.05) is 26.2 Å². The molecule has 1 aliphatic heterocycles. The molecule has 1 aromatic heterocycles. The molecule has 2 rings (SSSR count). The van der Waals surface area contributed by atoms with Crippen molar-refractivity contribution in [2.24, 2.45) is 12.2 Å². The summed E-state index contributed by atoms with van der Waals surface area (Å²) in [6, 6.07) is -0.0540. The number of aromatic nitrogens is 1. The third kappa shape index (κ3) is 2.91. The maximum atomic E-state index is 12.4. The summed E-state index contributed by atoms with van der Waals surface area (Å²) < 4.78 is 23.8. The van der Waals surface area contributed by atoms with Gasteiger partial charge >= 0.3 is 5.97 Å². The van der Waals surface area contributed by atoms with Crippen LogP contribution in [-0.2, 0) is 21.9 Å². The van der Waals surface area contributed by atoms with Gasteiger partial charge in [-0.3, -0.25) is 4.79 Å². The number of aryl methyl sites for hydroxylation is 1. The molecule has 21 heavy (non-hydrogen) atoms. The van der Waals surface area contributed by atoms with E-state index in [1.54, 1.807) is 0 Å². The lowest BCUT2D eigenvalue weighted by Gasteiger charge is -2.21. The fourth-order valence-electron chi connectivity index (χ4n) is 2.32. The highest BCUT2D eigenvalue weighted by Crippen LogP contribution is 2.22. The second-order valence-electron chi connectivity index (χ2n) is 4.92. The van der Waals surface area contributed by atoms with Crippen LogP contribution in [0.4, 0.5) is 0 Å². The number of hydrogen-bond donors (Lipinski definition) is 3. The number of aliphatic carboxylic acids is 1. The molecule has 0 spiro atoms. The maximum Gasteiger partial charge on any atom is 0.326 e. The standard InChI is InChI=1S/C11H15N3O6S/c1-13-5-7(21(12,19)20)3-8(13)10(16)14-4-6(15)2-9(14)11(17)18/h3,5-6,9,15H,2,4H2,1H3,(H,17,18)(H2,12,19,20)/t6?,9-/m0/s1. The van der Waals surface area contributed by atoms with Crippen molar-refractivity contribution in [3.8, 4) is 0 Å². The zero-order valence-corrected chi connectivity index (χ0v) is 11.9. The van der Waals surface area contributed by atoms with Crippen LogP contribution in [0.1, 0.15) is 16.9 Å². The Hall–Kier alpha value is -1.91. The first-order valence-electron chi connectivity index (χ1n) is 6.02. The van der Waals surface area contributed by atoms with Crippen LogP contribution in [0.15, 0.2) is 17.2 Å². The lowest BCUT2D eigenvalue weighted by Crippen LogP contribution is -2.41. The van der Waals surface area contributed by atoms with Crippen LogP contribution in [0, 0.1) is 0 Å². The first kappa shape index (κ1) is 15.5. The highest BCUT2D eigenvalue weighted by molar-refractivity contribution is 7.89. The summed E-state index contributed by atoms with van der Waals surface area (Å²) in [7, 11) is -2.51. The van der Waals surface area contributed by atoms with E-state index in [4.69, 9.17) is 10.2 Å². The van der Waals surface area contributed by atoms with Crippen LogP contribution in [0.25, 0.3) is 0 Å². The molecule has 0 aliphatic carbocycles. The second kappa shape index (κ2) is 5.13. The SMILES string of the molecule is Cn1cc(S(N)(=O)=O)cc1C(=O)N1CC(O)C[C@H]1C(=O)O. The van der Waals surface area contributed by atoms with Crippen LogP contribution in [-0.4, -0.2) is 58.7 Å². The highest BCUT2D eigenvalue weighted by Gasteiger charge is 2.40. The van der Waals surface area contributed by atoms with Crippen molar-refractivity contribution in [2.75, 3.05) is 6.54 Å². The quantitative estimate of drug-likeness (QED) is 0.608. The summed E-state index contributed by atoms with van der Waals surface area (Å²) in [6.45, 7) is -0.119. The average Bonchev–Trinajstić information content (AvgIpc) is 2.91. The van der Waals surface area contributed by atoms with Gasteiger partial charge in [-0.1, -0.05) is 0 Å². The molecular formula is C11H15N3O6S. The van der Waals surface area contributed by atoms with Crippen molar-refractivity contribution >= 4 is 21.9 Å². The van der Waals surface area contributed by atoms with Crippen molar-refractivity contribution in [3.63, 3.8) is 0 Å². The molecule has 0 bridgehead atoms. The summed E-state index contributed by atoms with van der Waals surface area (Å²) >= 11 is 0. The van der Waals surface area contributed by atoms with E-state index < -0.39 is 34.0 Å². The molecule has 1 aliphatic rings. The molecule has 9 nitrogen and oxygen atoms in total. The zero-order valence-electron chi connectivity index (χ0n) is 11.1. The molecule has 1 amide bonds. The number of sulfonamides is 1. The number of carbonyl (C=O) groups excluding carboxylic acids is 1. The molecular weight excluding hydrogens is 302 g/mol. The molecule has 1 unspecified atom stereocenters. The number of hydrogen-bond acceptors (Lipinski definition) is 5. The van der Waals surface area contributed by atoms with Gasteiger partial charge in [0.25, 0.3) is 5.91 Å². The number of carboxylic acids is 1. The summed E-state index contributed by atoms with van der Waals surface area (Å²) in [4.78, 5) is 24.3. The topological polar surface area (TPSA) is 143 Å². The zero-order chi connectivity index (χ0) is 15.9. The van der Waals surface area contributed by atoms with Crippen molar-refractivity contribution in [2.45, 2.75) is 23.5 Å². The van der Waals surface area contributed by atoms with Gasteiger partial charge in [0.1, 0.15) is 16.6 Å². The fraction of sp³-hybridized carbons (Fsp3) is 0.455. The van der Waals surface area contributed by atoms with Gasteiger partial charge in [0.05, 0.1) is 6.10 Å². The monoisotopic (exact) mass is 317 g/mol. The van der Waals surface area contributed by atoms with E-state index in [2.05, 4.69) is 0 Å².